The van der Waals surface area contributed by atoms with Crippen LogP contribution in [0.3, 0.4) is 0 Å². The molecule has 7 nitrogen and oxygen atoms in total. The Balaban J connectivity index is 1.35. The van der Waals surface area contributed by atoms with Crippen molar-refractivity contribution in [2.75, 3.05) is 19.7 Å². The van der Waals surface area contributed by atoms with Crippen LogP contribution in [0, 0.1) is 11.3 Å². The minimum atomic E-state index is -0.892. The maximum Gasteiger partial charge on any atom is 0.407 e. The normalized spacial score (nSPS) is 18.8. The SMILES string of the molecule is CC(C)(CC(=O)N1CC(C(=O)O)C(C)(C)C1)NC(=O)OCC1c2ccccc2-c2ccccc21. The highest BCUT2D eigenvalue weighted by Gasteiger charge is 2.46. The van der Waals surface area contributed by atoms with E-state index < -0.39 is 28.9 Å². The highest BCUT2D eigenvalue weighted by Crippen LogP contribution is 2.44. The van der Waals surface area contributed by atoms with Gasteiger partial charge in [-0.05, 0) is 41.5 Å². The first-order valence-corrected chi connectivity index (χ1v) is 11.6. The largest absolute Gasteiger partial charge is 0.481 e. The van der Waals surface area contributed by atoms with Crippen LogP contribution in [0.25, 0.3) is 11.1 Å². The van der Waals surface area contributed by atoms with Crippen molar-refractivity contribution < 1.29 is 24.2 Å². The van der Waals surface area contributed by atoms with Gasteiger partial charge in [-0.2, -0.15) is 0 Å². The molecule has 1 fully saturated rings. The number of amides is 2. The van der Waals surface area contributed by atoms with Gasteiger partial charge in [-0.1, -0.05) is 62.4 Å². The van der Waals surface area contributed by atoms with E-state index in [1.54, 1.807) is 18.7 Å². The maximum absolute atomic E-state index is 12.9. The van der Waals surface area contributed by atoms with Crippen LogP contribution in [0.15, 0.2) is 48.5 Å². The van der Waals surface area contributed by atoms with Gasteiger partial charge in [-0.3, -0.25) is 9.59 Å². The van der Waals surface area contributed by atoms with Crippen molar-refractivity contribution in [3.8, 4) is 11.1 Å². The first-order valence-electron chi connectivity index (χ1n) is 11.6. The van der Waals surface area contributed by atoms with Gasteiger partial charge in [0.05, 0.1) is 5.92 Å². The lowest BCUT2D eigenvalue weighted by Crippen LogP contribution is -2.47. The van der Waals surface area contributed by atoms with Gasteiger partial charge >= 0.3 is 12.1 Å². The number of rotatable bonds is 6. The number of hydrogen-bond acceptors (Lipinski definition) is 4. The van der Waals surface area contributed by atoms with Crippen LogP contribution in [-0.2, 0) is 14.3 Å². The van der Waals surface area contributed by atoms with E-state index in [1.807, 2.05) is 38.1 Å². The third-order valence-electron chi connectivity index (χ3n) is 6.97. The van der Waals surface area contributed by atoms with Crippen molar-refractivity contribution in [1.82, 2.24) is 10.2 Å². The topological polar surface area (TPSA) is 95.9 Å². The molecule has 1 unspecified atom stereocenters. The number of nitrogens with zero attached hydrogens (tertiary/aromatic N) is 1. The van der Waals surface area contributed by atoms with E-state index in [4.69, 9.17) is 4.74 Å². The molecule has 2 aromatic carbocycles. The molecule has 0 radical (unpaired) electrons. The summed E-state index contributed by atoms with van der Waals surface area (Å²) in [6, 6.07) is 16.3. The van der Waals surface area contributed by atoms with Crippen LogP contribution in [-0.4, -0.2) is 53.2 Å². The molecule has 2 aromatic rings. The van der Waals surface area contributed by atoms with E-state index in [2.05, 4.69) is 29.6 Å². The Morgan fingerprint density at radius 3 is 2.15 bits per heavy atom. The van der Waals surface area contributed by atoms with Crippen molar-refractivity contribution in [2.24, 2.45) is 11.3 Å². The highest BCUT2D eigenvalue weighted by molar-refractivity contribution is 5.81. The Bertz CT molecular complexity index is 1080. The van der Waals surface area contributed by atoms with Gasteiger partial charge in [0.15, 0.2) is 0 Å². The number of carboxylic acids is 1. The summed E-state index contributed by atoms with van der Waals surface area (Å²) in [4.78, 5) is 38.7. The molecular weight excluding hydrogens is 432 g/mol. The molecule has 1 atom stereocenters. The summed E-state index contributed by atoms with van der Waals surface area (Å²) in [7, 11) is 0. The molecule has 1 aliphatic carbocycles. The van der Waals surface area contributed by atoms with Crippen LogP contribution < -0.4 is 5.32 Å². The van der Waals surface area contributed by atoms with Crippen molar-refractivity contribution in [3.63, 3.8) is 0 Å². The van der Waals surface area contributed by atoms with Gasteiger partial charge in [0.25, 0.3) is 0 Å². The molecule has 7 heteroatoms. The summed E-state index contributed by atoms with van der Waals surface area (Å²) in [6.45, 7) is 8.01. The number of carbonyl (C=O) groups is 3. The molecule has 1 saturated heterocycles. The Hall–Kier alpha value is -3.35. The minimum Gasteiger partial charge on any atom is -0.481 e. The number of likely N-dealkylation sites (tertiary alicyclic amines) is 1. The van der Waals surface area contributed by atoms with Gasteiger partial charge in [0, 0.05) is 31.0 Å². The van der Waals surface area contributed by atoms with Crippen LogP contribution in [0.1, 0.15) is 51.2 Å². The molecule has 0 spiro atoms. The summed E-state index contributed by atoms with van der Waals surface area (Å²) in [5, 5.41) is 12.3. The van der Waals surface area contributed by atoms with E-state index in [1.165, 1.54) is 0 Å². The lowest BCUT2D eigenvalue weighted by molar-refractivity contribution is -0.144. The molecule has 180 valence electrons. The van der Waals surface area contributed by atoms with E-state index in [-0.39, 0.29) is 31.4 Å². The summed E-state index contributed by atoms with van der Waals surface area (Å²) in [5.41, 5.74) is 3.25. The van der Waals surface area contributed by atoms with Crippen LogP contribution in [0.5, 0.6) is 0 Å². The Labute approximate surface area is 200 Å². The summed E-state index contributed by atoms with van der Waals surface area (Å²) in [5.74, 6) is -1.71. The van der Waals surface area contributed by atoms with Crippen LogP contribution >= 0.6 is 0 Å². The Morgan fingerprint density at radius 2 is 1.62 bits per heavy atom. The number of carboxylic acid groups (broad SMARTS) is 1. The number of hydrogen-bond donors (Lipinski definition) is 2. The molecule has 4 rings (SSSR count). The molecule has 0 aromatic heterocycles. The third kappa shape index (κ3) is 4.65. The number of nitrogens with one attached hydrogen (secondary N) is 1. The fraction of sp³-hybridized carbons (Fsp3) is 0.444. The molecule has 2 aliphatic rings. The summed E-state index contributed by atoms with van der Waals surface area (Å²) < 4.78 is 5.61. The summed E-state index contributed by atoms with van der Waals surface area (Å²) >= 11 is 0. The number of carbonyl (C=O) groups excluding carboxylic acids is 2. The second-order valence-electron chi connectivity index (χ2n) is 10.7. The predicted octanol–water partition coefficient (Wildman–Crippen LogP) is 4.26. The molecule has 34 heavy (non-hydrogen) atoms. The first-order chi connectivity index (χ1) is 16.0. The van der Waals surface area contributed by atoms with Crippen molar-refractivity contribution >= 4 is 18.0 Å². The second-order valence-corrected chi connectivity index (χ2v) is 10.7. The van der Waals surface area contributed by atoms with Gasteiger partial charge in [0.1, 0.15) is 6.61 Å². The quantitative estimate of drug-likeness (QED) is 0.666. The number of alkyl carbamates (subject to hydrolysis) is 1. The second kappa shape index (κ2) is 8.78. The fourth-order valence-electron chi connectivity index (χ4n) is 5.18. The van der Waals surface area contributed by atoms with Crippen LogP contribution in [0.4, 0.5) is 4.79 Å². The molecular formula is C27H32N2O5. The zero-order valence-electron chi connectivity index (χ0n) is 20.1. The maximum atomic E-state index is 12.9. The van der Waals surface area contributed by atoms with Gasteiger partial charge in [0.2, 0.25) is 5.91 Å². The smallest absolute Gasteiger partial charge is 0.407 e. The highest BCUT2D eigenvalue weighted by atomic mass is 16.5. The lowest BCUT2D eigenvalue weighted by atomic mass is 9.82. The molecule has 0 bridgehead atoms. The zero-order chi connectivity index (χ0) is 24.7. The average Bonchev–Trinajstić information content (AvgIpc) is 3.26. The molecule has 1 aliphatic heterocycles. The van der Waals surface area contributed by atoms with Crippen molar-refractivity contribution in [3.05, 3.63) is 59.7 Å². The third-order valence-corrected chi connectivity index (χ3v) is 6.97. The van der Waals surface area contributed by atoms with Gasteiger partial charge < -0.3 is 20.1 Å². The predicted molar refractivity (Wildman–Crippen MR) is 128 cm³/mol. The number of fused-ring (bicyclic) bond motifs is 3. The summed E-state index contributed by atoms with van der Waals surface area (Å²) in [6.07, 6.45) is -0.524. The van der Waals surface area contributed by atoms with E-state index >= 15 is 0 Å². The van der Waals surface area contributed by atoms with Crippen molar-refractivity contribution in [1.29, 1.82) is 0 Å². The number of aliphatic carboxylic acids is 1. The molecule has 2 amide bonds. The number of benzene rings is 2. The number of ether oxygens (including phenoxy) is 1. The Morgan fingerprint density at radius 1 is 1.06 bits per heavy atom. The monoisotopic (exact) mass is 464 g/mol. The first kappa shape index (κ1) is 23.8. The standard InChI is InChI=1S/C27H32N2O5/c1-26(2)16-29(14-22(26)24(31)32)23(30)13-27(3,4)28-25(33)34-15-21-19-11-7-5-9-17(19)18-10-6-8-12-20(18)21/h5-12,21-22H,13-16H2,1-4H3,(H,28,33)(H,31,32). The van der Waals surface area contributed by atoms with Crippen LogP contribution in [0.2, 0.25) is 0 Å². The molecule has 2 N–H and O–H groups in total. The van der Waals surface area contributed by atoms with E-state index in [9.17, 15) is 19.5 Å². The van der Waals surface area contributed by atoms with E-state index in [0.717, 1.165) is 22.3 Å². The Kier molecular flexibility index (Phi) is 6.14. The zero-order valence-corrected chi connectivity index (χ0v) is 20.1. The van der Waals surface area contributed by atoms with Crippen molar-refractivity contribution in [2.45, 2.75) is 45.6 Å². The average molecular weight is 465 g/mol. The minimum absolute atomic E-state index is 0.0392. The molecule has 1 heterocycles. The lowest BCUT2D eigenvalue weighted by Gasteiger charge is -2.28. The molecule has 0 saturated carbocycles. The fourth-order valence-corrected chi connectivity index (χ4v) is 5.18. The van der Waals surface area contributed by atoms with Gasteiger partial charge in [-0.25, -0.2) is 4.79 Å². The van der Waals surface area contributed by atoms with E-state index in [0.29, 0.717) is 6.54 Å². The van der Waals surface area contributed by atoms with Gasteiger partial charge in [-0.15, -0.1) is 0 Å².